The Kier molecular flexibility index (Phi) is 4.64. The Morgan fingerprint density at radius 1 is 1.14 bits per heavy atom. The summed E-state index contributed by atoms with van der Waals surface area (Å²) in [7, 11) is 0. The van der Waals surface area contributed by atoms with Gasteiger partial charge in [-0.25, -0.2) is 9.97 Å². The van der Waals surface area contributed by atoms with Crippen LogP contribution in [0.4, 0.5) is 5.95 Å². The fourth-order valence-electron chi connectivity index (χ4n) is 6.92. The lowest BCUT2D eigenvalue weighted by Crippen LogP contribution is -2.48. The molecule has 4 aliphatic carbocycles. The van der Waals surface area contributed by atoms with Gasteiger partial charge in [-0.05, 0) is 87.5 Å². The summed E-state index contributed by atoms with van der Waals surface area (Å²) in [5, 5.41) is 3.27. The largest absolute Gasteiger partial charge is 0.348 e. The molecule has 5 nitrogen and oxygen atoms in total. The van der Waals surface area contributed by atoms with Crippen LogP contribution in [0.3, 0.4) is 0 Å². The topological polar surface area (TPSA) is 58.1 Å². The standard InChI is InChI=1S/C23H32N4O/c1-16(23-12-17-9-18(13-23)11-19(10-17)14-23)8-21(28)26-20-4-2-7-27(15-20)22-24-5-3-6-25-22/h3,5-6,8,17-20H,2,4,7,9-15H2,1H3,(H,26,28). The summed E-state index contributed by atoms with van der Waals surface area (Å²) >= 11 is 0. The fraction of sp³-hybridized carbons (Fsp3) is 0.696. The van der Waals surface area contributed by atoms with Gasteiger partial charge in [-0.2, -0.15) is 0 Å². The molecule has 150 valence electrons. The van der Waals surface area contributed by atoms with Crippen LogP contribution in [-0.4, -0.2) is 35.0 Å². The number of carbonyl (C=O) groups excluding carboxylic acids is 1. The van der Waals surface area contributed by atoms with Crippen LogP contribution in [0.25, 0.3) is 0 Å². The van der Waals surface area contributed by atoms with E-state index >= 15 is 0 Å². The zero-order chi connectivity index (χ0) is 19.1. The molecule has 0 spiro atoms. The van der Waals surface area contributed by atoms with E-state index in [1.54, 1.807) is 12.4 Å². The van der Waals surface area contributed by atoms with Gasteiger partial charge < -0.3 is 10.2 Å². The van der Waals surface area contributed by atoms with Crippen molar-refractivity contribution < 1.29 is 4.79 Å². The lowest BCUT2D eigenvalue weighted by molar-refractivity contribution is -0.117. The summed E-state index contributed by atoms with van der Waals surface area (Å²) in [6, 6.07) is 2.01. The van der Waals surface area contributed by atoms with Crippen LogP contribution in [0, 0.1) is 23.2 Å². The number of piperidine rings is 1. The van der Waals surface area contributed by atoms with Crippen molar-refractivity contribution in [1.29, 1.82) is 0 Å². The lowest BCUT2D eigenvalue weighted by Gasteiger charge is -2.57. The lowest BCUT2D eigenvalue weighted by atomic mass is 9.48. The van der Waals surface area contributed by atoms with Crippen LogP contribution >= 0.6 is 0 Å². The SMILES string of the molecule is CC(=CC(=O)NC1CCCN(c2ncccn2)C1)C12CC3CC(CC(C3)C1)C2. The molecule has 5 fully saturated rings. The first-order valence-corrected chi connectivity index (χ1v) is 11.1. The maximum Gasteiger partial charge on any atom is 0.244 e. The summed E-state index contributed by atoms with van der Waals surface area (Å²) in [4.78, 5) is 23.7. The van der Waals surface area contributed by atoms with E-state index in [1.807, 2.05) is 12.1 Å². The van der Waals surface area contributed by atoms with Crippen molar-refractivity contribution in [2.75, 3.05) is 18.0 Å². The third-order valence-electron chi connectivity index (χ3n) is 7.83. The second-order valence-corrected chi connectivity index (χ2v) is 9.87. The number of hydrogen-bond donors (Lipinski definition) is 1. The third kappa shape index (κ3) is 3.44. The molecule has 1 aromatic heterocycles. The molecule has 0 aromatic carbocycles. The van der Waals surface area contributed by atoms with E-state index < -0.39 is 0 Å². The highest BCUT2D eigenvalue weighted by atomic mass is 16.1. The molecule has 5 heteroatoms. The fourth-order valence-corrected chi connectivity index (χ4v) is 6.92. The third-order valence-corrected chi connectivity index (χ3v) is 7.83. The average Bonchev–Trinajstić information content (AvgIpc) is 2.68. The molecule has 2 heterocycles. The Balaban J connectivity index is 1.23. The van der Waals surface area contributed by atoms with Crippen LogP contribution in [0.2, 0.25) is 0 Å². The predicted octanol–water partition coefficient (Wildman–Crippen LogP) is 3.72. The Morgan fingerprint density at radius 2 is 1.79 bits per heavy atom. The molecule has 28 heavy (non-hydrogen) atoms. The number of rotatable bonds is 4. The smallest absolute Gasteiger partial charge is 0.244 e. The van der Waals surface area contributed by atoms with Crippen LogP contribution in [0.15, 0.2) is 30.1 Å². The zero-order valence-electron chi connectivity index (χ0n) is 16.9. The summed E-state index contributed by atoms with van der Waals surface area (Å²) in [6.45, 7) is 3.97. The number of amides is 1. The van der Waals surface area contributed by atoms with Crippen LogP contribution < -0.4 is 10.2 Å². The second kappa shape index (κ2) is 7.16. The molecule has 5 aliphatic rings. The van der Waals surface area contributed by atoms with Crippen molar-refractivity contribution in [1.82, 2.24) is 15.3 Å². The molecule has 6 rings (SSSR count). The van der Waals surface area contributed by atoms with Gasteiger partial charge in [0.25, 0.3) is 0 Å². The van der Waals surface area contributed by atoms with Crippen LogP contribution in [-0.2, 0) is 4.79 Å². The number of hydrogen-bond acceptors (Lipinski definition) is 4. The molecule has 4 bridgehead atoms. The molecule has 1 amide bonds. The van der Waals surface area contributed by atoms with Gasteiger partial charge in [-0.1, -0.05) is 5.57 Å². The van der Waals surface area contributed by atoms with Gasteiger partial charge in [0.15, 0.2) is 0 Å². The Labute approximate surface area is 168 Å². The van der Waals surface area contributed by atoms with Crippen LogP contribution in [0.1, 0.15) is 58.3 Å². The first-order valence-electron chi connectivity index (χ1n) is 11.1. The summed E-state index contributed by atoms with van der Waals surface area (Å²) in [5.41, 5.74) is 1.66. The van der Waals surface area contributed by atoms with Crippen molar-refractivity contribution in [2.45, 2.75) is 64.3 Å². The van der Waals surface area contributed by atoms with Gasteiger partial charge in [0, 0.05) is 37.6 Å². The van der Waals surface area contributed by atoms with Crippen molar-refractivity contribution in [3.63, 3.8) is 0 Å². The van der Waals surface area contributed by atoms with Crippen molar-refractivity contribution in [2.24, 2.45) is 23.2 Å². The van der Waals surface area contributed by atoms with E-state index in [0.717, 1.165) is 49.6 Å². The van der Waals surface area contributed by atoms with Gasteiger partial charge >= 0.3 is 0 Å². The van der Waals surface area contributed by atoms with Crippen LogP contribution in [0.5, 0.6) is 0 Å². The highest BCUT2D eigenvalue weighted by Crippen LogP contribution is 2.62. The number of nitrogens with zero attached hydrogens (tertiary/aromatic N) is 3. The first-order chi connectivity index (χ1) is 13.6. The summed E-state index contributed by atoms with van der Waals surface area (Å²) in [5.74, 6) is 3.59. The number of carbonyl (C=O) groups is 1. The van der Waals surface area contributed by atoms with Crippen molar-refractivity contribution >= 4 is 11.9 Å². The van der Waals surface area contributed by atoms with E-state index in [-0.39, 0.29) is 11.9 Å². The minimum Gasteiger partial charge on any atom is -0.348 e. The van der Waals surface area contributed by atoms with E-state index in [2.05, 4.69) is 27.1 Å². The molecule has 1 atom stereocenters. The quantitative estimate of drug-likeness (QED) is 0.809. The first kappa shape index (κ1) is 18.1. The summed E-state index contributed by atoms with van der Waals surface area (Å²) < 4.78 is 0. The number of allylic oxidation sites excluding steroid dienone is 1. The Hall–Kier alpha value is -1.91. The monoisotopic (exact) mass is 380 g/mol. The Morgan fingerprint density at radius 3 is 2.43 bits per heavy atom. The van der Waals surface area contributed by atoms with Gasteiger partial charge in [0.05, 0.1) is 0 Å². The summed E-state index contributed by atoms with van der Waals surface area (Å²) in [6.07, 6.45) is 15.9. The zero-order valence-corrected chi connectivity index (χ0v) is 16.9. The van der Waals surface area contributed by atoms with Gasteiger partial charge in [0.2, 0.25) is 11.9 Å². The maximum atomic E-state index is 12.8. The van der Waals surface area contributed by atoms with Gasteiger partial charge in [0.1, 0.15) is 0 Å². The second-order valence-electron chi connectivity index (χ2n) is 9.87. The molecular weight excluding hydrogens is 348 g/mol. The molecule has 1 saturated heterocycles. The molecule has 1 unspecified atom stereocenters. The minimum absolute atomic E-state index is 0.0917. The van der Waals surface area contributed by atoms with E-state index in [4.69, 9.17) is 0 Å². The predicted molar refractivity (Wildman–Crippen MR) is 110 cm³/mol. The maximum absolute atomic E-state index is 12.8. The number of nitrogens with one attached hydrogen (secondary N) is 1. The van der Waals surface area contributed by atoms with Gasteiger partial charge in [-0.3, -0.25) is 4.79 Å². The average molecular weight is 381 g/mol. The molecule has 1 aromatic rings. The van der Waals surface area contributed by atoms with Gasteiger partial charge in [-0.15, -0.1) is 0 Å². The van der Waals surface area contributed by atoms with E-state index in [0.29, 0.717) is 5.41 Å². The van der Waals surface area contributed by atoms with Crippen molar-refractivity contribution in [3.8, 4) is 0 Å². The number of aromatic nitrogens is 2. The normalized spacial score (nSPS) is 37.2. The molecule has 4 saturated carbocycles. The number of anilines is 1. The molecule has 1 aliphatic heterocycles. The van der Waals surface area contributed by atoms with E-state index in [1.165, 1.54) is 44.1 Å². The highest BCUT2D eigenvalue weighted by Gasteiger charge is 2.51. The Bertz CT molecular complexity index is 724. The molecular formula is C23H32N4O. The van der Waals surface area contributed by atoms with E-state index in [9.17, 15) is 4.79 Å². The molecule has 1 N–H and O–H groups in total. The van der Waals surface area contributed by atoms with Crippen molar-refractivity contribution in [3.05, 3.63) is 30.1 Å². The molecule has 0 radical (unpaired) electrons. The minimum atomic E-state index is 0.0917. The highest BCUT2D eigenvalue weighted by molar-refractivity contribution is 5.88.